The van der Waals surface area contributed by atoms with Crippen LogP contribution in [0.1, 0.15) is 47.3 Å². The van der Waals surface area contributed by atoms with Gasteiger partial charge in [-0.1, -0.05) is 19.1 Å². The fourth-order valence-corrected chi connectivity index (χ4v) is 2.95. The minimum atomic E-state index is -0.218. The third-order valence-electron chi connectivity index (χ3n) is 4.70. The molecule has 3 rings (SSSR count). The molecule has 0 bridgehead atoms. The highest BCUT2D eigenvalue weighted by Crippen LogP contribution is 2.42. The number of hydrogen-bond donors (Lipinski definition) is 1. The lowest BCUT2D eigenvalue weighted by Crippen LogP contribution is -2.39. The van der Waals surface area contributed by atoms with Gasteiger partial charge in [-0.3, -0.25) is 14.5 Å². The smallest absolute Gasteiger partial charge is 0.260 e. The summed E-state index contributed by atoms with van der Waals surface area (Å²) >= 11 is 0. The van der Waals surface area contributed by atoms with E-state index in [4.69, 9.17) is 5.73 Å². The minimum absolute atomic E-state index is 0.0384. The zero-order valence-corrected chi connectivity index (χ0v) is 11.9. The highest BCUT2D eigenvalue weighted by atomic mass is 16.2. The quantitative estimate of drug-likeness (QED) is 0.855. The Morgan fingerprint density at radius 2 is 2.00 bits per heavy atom. The van der Waals surface area contributed by atoms with E-state index < -0.39 is 0 Å². The van der Waals surface area contributed by atoms with Crippen molar-refractivity contribution < 1.29 is 9.59 Å². The Balaban J connectivity index is 1.92. The number of hydrogen-bond acceptors (Lipinski definition) is 3. The van der Waals surface area contributed by atoms with Crippen LogP contribution in [0.5, 0.6) is 0 Å². The highest BCUT2D eigenvalue weighted by Gasteiger charge is 2.33. The van der Waals surface area contributed by atoms with Crippen LogP contribution < -0.4 is 5.73 Å². The molecule has 0 radical (unpaired) electrons. The second-order valence-corrected chi connectivity index (χ2v) is 6.07. The Labute approximate surface area is 118 Å². The fraction of sp³-hybridized carbons (Fsp3) is 0.500. The minimum Gasteiger partial charge on any atom is -0.324 e. The van der Waals surface area contributed by atoms with E-state index in [-0.39, 0.29) is 17.9 Å². The maximum atomic E-state index is 12.2. The van der Waals surface area contributed by atoms with Gasteiger partial charge in [0.2, 0.25) is 5.91 Å². The van der Waals surface area contributed by atoms with Gasteiger partial charge in [0.25, 0.3) is 5.91 Å². The van der Waals surface area contributed by atoms with E-state index in [1.807, 2.05) is 18.2 Å². The van der Waals surface area contributed by atoms with Crippen molar-refractivity contribution in [1.29, 1.82) is 0 Å². The SMILES string of the molecule is CC(C1CC1)C(N)c1ccc2c(c1)C(=O)N(C)C(=O)C2. The number of amides is 2. The molecule has 0 spiro atoms. The normalized spacial score (nSPS) is 21.6. The summed E-state index contributed by atoms with van der Waals surface area (Å²) in [7, 11) is 1.53. The zero-order valence-electron chi connectivity index (χ0n) is 11.9. The number of rotatable bonds is 3. The van der Waals surface area contributed by atoms with E-state index in [9.17, 15) is 9.59 Å². The van der Waals surface area contributed by atoms with E-state index in [1.54, 1.807) is 0 Å². The molecule has 2 atom stereocenters. The molecule has 0 aromatic heterocycles. The van der Waals surface area contributed by atoms with Crippen molar-refractivity contribution in [2.45, 2.75) is 32.2 Å². The van der Waals surface area contributed by atoms with Crippen molar-refractivity contribution in [3.63, 3.8) is 0 Å². The van der Waals surface area contributed by atoms with Gasteiger partial charge >= 0.3 is 0 Å². The summed E-state index contributed by atoms with van der Waals surface area (Å²) in [6, 6.07) is 5.69. The first-order valence-electron chi connectivity index (χ1n) is 7.18. The molecule has 1 aromatic rings. The highest BCUT2D eigenvalue weighted by molar-refractivity contribution is 6.09. The molecule has 1 saturated carbocycles. The molecule has 106 valence electrons. The number of imide groups is 1. The van der Waals surface area contributed by atoms with Gasteiger partial charge < -0.3 is 5.73 Å². The molecule has 1 heterocycles. The summed E-state index contributed by atoms with van der Waals surface area (Å²) in [6.07, 6.45) is 2.82. The number of fused-ring (bicyclic) bond motifs is 1. The van der Waals surface area contributed by atoms with Crippen LogP contribution in [-0.2, 0) is 11.2 Å². The second-order valence-electron chi connectivity index (χ2n) is 6.07. The molecule has 1 aromatic carbocycles. The van der Waals surface area contributed by atoms with E-state index >= 15 is 0 Å². The molecule has 4 heteroatoms. The Morgan fingerprint density at radius 1 is 1.30 bits per heavy atom. The maximum absolute atomic E-state index is 12.2. The van der Waals surface area contributed by atoms with Gasteiger partial charge in [0.1, 0.15) is 0 Å². The molecule has 2 unspecified atom stereocenters. The summed E-state index contributed by atoms with van der Waals surface area (Å²) < 4.78 is 0. The van der Waals surface area contributed by atoms with Gasteiger partial charge in [0.05, 0.1) is 6.42 Å². The van der Waals surface area contributed by atoms with Crippen LogP contribution in [0.15, 0.2) is 18.2 Å². The monoisotopic (exact) mass is 272 g/mol. The van der Waals surface area contributed by atoms with Crippen LogP contribution in [0.3, 0.4) is 0 Å². The van der Waals surface area contributed by atoms with Crippen LogP contribution in [0.4, 0.5) is 0 Å². The van der Waals surface area contributed by atoms with Crippen molar-refractivity contribution in [2.24, 2.45) is 17.6 Å². The third kappa shape index (κ3) is 2.14. The Bertz CT molecular complexity index is 578. The number of benzene rings is 1. The number of carbonyl (C=O) groups is 2. The van der Waals surface area contributed by atoms with Crippen LogP contribution >= 0.6 is 0 Å². The molecular weight excluding hydrogens is 252 g/mol. The van der Waals surface area contributed by atoms with E-state index in [0.717, 1.165) is 17.0 Å². The predicted octanol–water partition coefficient (Wildman–Crippen LogP) is 1.89. The van der Waals surface area contributed by atoms with Crippen LogP contribution in [0, 0.1) is 11.8 Å². The molecule has 2 N–H and O–H groups in total. The average Bonchev–Trinajstić information content (AvgIpc) is 3.27. The number of carbonyl (C=O) groups excluding carboxylic acids is 2. The molecular formula is C16H20N2O2. The van der Waals surface area contributed by atoms with Gasteiger partial charge in [-0.2, -0.15) is 0 Å². The van der Waals surface area contributed by atoms with Crippen molar-refractivity contribution in [3.05, 3.63) is 34.9 Å². The molecule has 1 aliphatic heterocycles. The lowest BCUT2D eigenvalue weighted by Gasteiger charge is -2.26. The summed E-state index contributed by atoms with van der Waals surface area (Å²) in [5.74, 6) is 0.794. The summed E-state index contributed by atoms with van der Waals surface area (Å²) in [6.45, 7) is 2.18. The number of likely N-dealkylation sites (N-methyl/N-ethyl adjacent to an activating group) is 1. The van der Waals surface area contributed by atoms with Gasteiger partial charge in [0.15, 0.2) is 0 Å². The maximum Gasteiger partial charge on any atom is 0.260 e. The lowest BCUT2D eigenvalue weighted by molar-refractivity contribution is -0.127. The third-order valence-corrected chi connectivity index (χ3v) is 4.70. The standard InChI is InChI=1S/C16H20N2O2/c1-9(10-3-4-10)15(17)12-6-5-11-8-14(19)18(2)16(20)13(11)7-12/h5-7,9-10,15H,3-4,8,17H2,1-2H3. The molecule has 2 aliphatic rings. The van der Waals surface area contributed by atoms with Crippen LogP contribution in [0.2, 0.25) is 0 Å². The molecule has 4 nitrogen and oxygen atoms in total. The van der Waals surface area contributed by atoms with Crippen LogP contribution in [-0.4, -0.2) is 23.8 Å². The molecule has 1 fully saturated rings. The predicted molar refractivity (Wildman–Crippen MR) is 76.1 cm³/mol. The lowest BCUT2D eigenvalue weighted by atomic mass is 9.88. The molecule has 2 amide bonds. The fourth-order valence-electron chi connectivity index (χ4n) is 2.95. The first-order chi connectivity index (χ1) is 9.49. The Kier molecular flexibility index (Phi) is 3.13. The Morgan fingerprint density at radius 3 is 2.65 bits per heavy atom. The van der Waals surface area contributed by atoms with Crippen molar-refractivity contribution in [1.82, 2.24) is 4.90 Å². The molecule has 1 aliphatic carbocycles. The van der Waals surface area contributed by atoms with Gasteiger partial charge in [0, 0.05) is 18.7 Å². The van der Waals surface area contributed by atoms with Crippen molar-refractivity contribution in [2.75, 3.05) is 7.05 Å². The number of nitrogens with two attached hydrogens (primary N) is 1. The molecule has 20 heavy (non-hydrogen) atoms. The van der Waals surface area contributed by atoms with Crippen molar-refractivity contribution >= 4 is 11.8 Å². The average molecular weight is 272 g/mol. The second kappa shape index (κ2) is 4.70. The topological polar surface area (TPSA) is 63.4 Å². The Hall–Kier alpha value is -1.68. The van der Waals surface area contributed by atoms with Gasteiger partial charge in [-0.25, -0.2) is 0 Å². The van der Waals surface area contributed by atoms with Gasteiger partial charge in [-0.15, -0.1) is 0 Å². The number of nitrogens with zero attached hydrogens (tertiary/aromatic N) is 1. The van der Waals surface area contributed by atoms with Gasteiger partial charge in [-0.05, 0) is 41.9 Å². The summed E-state index contributed by atoms with van der Waals surface area (Å²) in [4.78, 5) is 25.1. The summed E-state index contributed by atoms with van der Waals surface area (Å²) in [5, 5.41) is 0. The first kappa shape index (κ1) is 13.3. The van der Waals surface area contributed by atoms with Crippen molar-refractivity contribution in [3.8, 4) is 0 Å². The summed E-state index contributed by atoms with van der Waals surface area (Å²) in [5.41, 5.74) is 8.77. The van der Waals surface area contributed by atoms with E-state index in [0.29, 0.717) is 17.9 Å². The van der Waals surface area contributed by atoms with E-state index in [2.05, 4.69) is 6.92 Å². The largest absolute Gasteiger partial charge is 0.324 e. The molecule has 0 saturated heterocycles. The van der Waals surface area contributed by atoms with E-state index in [1.165, 1.54) is 24.8 Å². The zero-order chi connectivity index (χ0) is 14.4. The van der Waals surface area contributed by atoms with Crippen LogP contribution in [0.25, 0.3) is 0 Å². The first-order valence-corrected chi connectivity index (χ1v) is 7.18.